The SMILES string of the molecule is CCOc1cc([C@H]2C3=C(C[C@H](c4ccc(OC)cc4)CC3=O)Nc3ccccc3N2C(C)=O)ccc1OCc1ccc(Cl)cc1. The lowest BCUT2D eigenvalue weighted by Crippen LogP contribution is -2.37. The van der Waals surface area contributed by atoms with E-state index in [9.17, 15) is 9.59 Å². The van der Waals surface area contributed by atoms with Crippen molar-refractivity contribution in [1.29, 1.82) is 0 Å². The van der Waals surface area contributed by atoms with E-state index in [1.54, 1.807) is 12.0 Å². The van der Waals surface area contributed by atoms with Gasteiger partial charge in [0.2, 0.25) is 5.91 Å². The molecular formula is C37H35ClN2O5. The number of allylic oxidation sites excluding steroid dienone is 1. The Labute approximate surface area is 268 Å². The smallest absolute Gasteiger partial charge is 0.224 e. The van der Waals surface area contributed by atoms with E-state index in [-0.39, 0.29) is 17.6 Å². The monoisotopic (exact) mass is 622 g/mol. The summed E-state index contributed by atoms with van der Waals surface area (Å²) in [4.78, 5) is 29.4. The van der Waals surface area contributed by atoms with Gasteiger partial charge in [0, 0.05) is 29.6 Å². The molecular weight excluding hydrogens is 588 g/mol. The number of Topliss-reactive ketones (excluding diaryl/α,β-unsaturated/α-hetero) is 1. The fraction of sp³-hybridized carbons (Fsp3) is 0.243. The number of para-hydroxylation sites is 2. The molecule has 0 aromatic heterocycles. The summed E-state index contributed by atoms with van der Waals surface area (Å²) in [5, 5.41) is 4.23. The highest BCUT2D eigenvalue weighted by Crippen LogP contribution is 2.48. The maximum absolute atomic E-state index is 14.2. The second-order valence-electron chi connectivity index (χ2n) is 11.2. The zero-order valence-corrected chi connectivity index (χ0v) is 26.3. The quantitative estimate of drug-likeness (QED) is 0.213. The summed E-state index contributed by atoms with van der Waals surface area (Å²) in [7, 11) is 1.64. The third-order valence-electron chi connectivity index (χ3n) is 8.31. The predicted molar refractivity (Wildman–Crippen MR) is 176 cm³/mol. The number of nitrogens with one attached hydrogen (secondary N) is 1. The van der Waals surface area contributed by atoms with E-state index in [0.717, 1.165) is 33.8 Å². The third kappa shape index (κ3) is 6.26. The summed E-state index contributed by atoms with van der Waals surface area (Å²) in [6.45, 7) is 4.20. The Morgan fingerprint density at radius 2 is 1.64 bits per heavy atom. The summed E-state index contributed by atoms with van der Waals surface area (Å²) in [5.74, 6) is 1.68. The van der Waals surface area contributed by atoms with Crippen molar-refractivity contribution in [3.8, 4) is 17.2 Å². The highest BCUT2D eigenvalue weighted by molar-refractivity contribution is 6.30. The zero-order chi connectivity index (χ0) is 31.5. The summed E-state index contributed by atoms with van der Waals surface area (Å²) < 4.78 is 17.6. The van der Waals surface area contributed by atoms with E-state index in [2.05, 4.69) is 5.32 Å². The van der Waals surface area contributed by atoms with Crippen LogP contribution in [-0.4, -0.2) is 25.4 Å². The van der Waals surface area contributed by atoms with E-state index in [4.69, 9.17) is 25.8 Å². The molecule has 0 radical (unpaired) electrons. The molecule has 1 aliphatic carbocycles. The summed E-state index contributed by atoms with van der Waals surface area (Å²) >= 11 is 6.05. The zero-order valence-electron chi connectivity index (χ0n) is 25.5. The largest absolute Gasteiger partial charge is 0.497 e. The molecule has 0 bridgehead atoms. The lowest BCUT2D eigenvalue weighted by atomic mass is 9.78. The van der Waals surface area contributed by atoms with Crippen molar-refractivity contribution < 1.29 is 23.8 Å². The lowest BCUT2D eigenvalue weighted by molar-refractivity contribution is -0.117. The molecule has 4 aromatic carbocycles. The molecule has 8 heteroatoms. The average molecular weight is 623 g/mol. The number of benzene rings is 4. The second-order valence-corrected chi connectivity index (χ2v) is 11.6. The minimum atomic E-state index is -0.664. The first kappa shape index (κ1) is 30.3. The summed E-state index contributed by atoms with van der Waals surface area (Å²) in [5.41, 5.74) is 5.68. The van der Waals surface area contributed by atoms with Gasteiger partial charge in [0.15, 0.2) is 17.3 Å². The van der Waals surface area contributed by atoms with Crippen LogP contribution in [-0.2, 0) is 16.2 Å². The molecule has 1 N–H and O–H groups in total. The van der Waals surface area contributed by atoms with Crippen LogP contribution in [0.25, 0.3) is 0 Å². The number of carbonyl (C=O) groups excluding carboxylic acids is 2. The van der Waals surface area contributed by atoms with Gasteiger partial charge in [-0.05, 0) is 84.5 Å². The number of carbonyl (C=O) groups is 2. The molecule has 1 aliphatic heterocycles. The van der Waals surface area contributed by atoms with Crippen molar-refractivity contribution >= 4 is 34.7 Å². The number of rotatable bonds is 8. The van der Waals surface area contributed by atoms with Gasteiger partial charge >= 0.3 is 0 Å². The van der Waals surface area contributed by atoms with E-state index < -0.39 is 6.04 Å². The van der Waals surface area contributed by atoms with Gasteiger partial charge in [0.25, 0.3) is 0 Å². The molecule has 7 nitrogen and oxygen atoms in total. The molecule has 0 spiro atoms. The topological polar surface area (TPSA) is 77.1 Å². The van der Waals surface area contributed by atoms with Crippen LogP contribution < -0.4 is 24.4 Å². The number of ketones is 1. The van der Waals surface area contributed by atoms with Gasteiger partial charge in [0.05, 0.1) is 31.1 Å². The summed E-state index contributed by atoms with van der Waals surface area (Å²) in [6.07, 6.45) is 0.941. The van der Waals surface area contributed by atoms with Crippen molar-refractivity contribution in [1.82, 2.24) is 0 Å². The Hall–Kier alpha value is -4.75. The Kier molecular flexibility index (Phi) is 8.80. The predicted octanol–water partition coefficient (Wildman–Crippen LogP) is 8.25. The molecule has 2 atom stereocenters. The van der Waals surface area contributed by atoms with Gasteiger partial charge in [0.1, 0.15) is 12.4 Å². The normalized spacial score (nSPS) is 17.5. The van der Waals surface area contributed by atoms with Crippen molar-refractivity contribution in [3.63, 3.8) is 0 Å². The van der Waals surface area contributed by atoms with Gasteiger partial charge in [-0.2, -0.15) is 0 Å². The molecule has 1 amide bonds. The lowest BCUT2D eigenvalue weighted by Gasteiger charge is -2.35. The highest BCUT2D eigenvalue weighted by Gasteiger charge is 2.41. The molecule has 4 aromatic rings. The van der Waals surface area contributed by atoms with Crippen LogP contribution in [0.5, 0.6) is 17.2 Å². The first-order chi connectivity index (χ1) is 21.9. The molecule has 0 unspecified atom stereocenters. The fourth-order valence-electron chi connectivity index (χ4n) is 6.19. The molecule has 6 rings (SSSR count). The number of nitrogens with zero attached hydrogens (tertiary/aromatic N) is 1. The highest BCUT2D eigenvalue weighted by atomic mass is 35.5. The molecule has 0 fully saturated rings. The van der Waals surface area contributed by atoms with E-state index in [1.165, 1.54) is 6.92 Å². The van der Waals surface area contributed by atoms with Gasteiger partial charge in [-0.3, -0.25) is 14.5 Å². The second kappa shape index (κ2) is 13.1. The van der Waals surface area contributed by atoms with Crippen LogP contribution in [0, 0.1) is 0 Å². The Morgan fingerprint density at radius 3 is 2.36 bits per heavy atom. The van der Waals surface area contributed by atoms with Crippen molar-refractivity contribution in [2.75, 3.05) is 23.9 Å². The number of anilines is 2. The standard InChI is InChI=1S/C37H35ClN2O5/c1-4-44-35-21-26(13-18-34(35)45-22-24-9-14-28(38)15-10-24)37-36-31(39-30-7-5-6-8-32(30)40(37)23(2)41)19-27(20-33(36)42)25-11-16-29(43-3)17-12-25/h5-18,21,27,37,39H,4,19-20,22H2,1-3H3/t27-,37-/m0/s1. The van der Waals surface area contributed by atoms with Gasteiger partial charge in [-0.15, -0.1) is 0 Å². The molecule has 230 valence electrons. The van der Waals surface area contributed by atoms with Crippen LogP contribution in [0.3, 0.4) is 0 Å². The molecule has 1 heterocycles. The van der Waals surface area contributed by atoms with E-state index in [0.29, 0.717) is 53.8 Å². The number of ether oxygens (including phenoxy) is 3. The van der Waals surface area contributed by atoms with Crippen LogP contribution in [0.2, 0.25) is 5.02 Å². The fourth-order valence-corrected chi connectivity index (χ4v) is 6.32. The van der Waals surface area contributed by atoms with Crippen molar-refractivity contribution in [3.05, 3.63) is 124 Å². The van der Waals surface area contributed by atoms with Crippen molar-refractivity contribution in [2.45, 2.75) is 45.3 Å². The van der Waals surface area contributed by atoms with Crippen molar-refractivity contribution in [2.24, 2.45) is 0 Å². The van der Waals surface area contributed by atoms with Gasteiger partial charge in [-0.1, -0.05) is 54.1 Å². The average Bonchev–Trinajstić information content (AvgIpc) is 3.20. The molecule has 0 saturated carbocycles. The molecule has 2 aliphatic rings. The number of amides is 1. The maximum Gasteiger partial charge on any atom is 0.224 e. The maximum atomic E-state index is 14.2. The number of fused-ring (bicyclic) bond motifs is 1. The minimum absolute atomic E-state index is 0.00495. The number of hydrogen-bond acceptors (Lipinski definition) is 6. The van der Waals surface area contributed by atoms with E-state index in [1.807, 2.05) is 97.9 Å². The Morgan fingerprint density at radius 1 is 0.911 bits per heavy atom. The van der Waals surface area contributed by atoms with Crippen LogP contribution in [0.15, 0.2) is 102 Å². The number of methoxy groups -OCH3 is 1. The Balaban J connectivity index is 1.43. The van der Waals surface area contributed by atoms with Crippen LogP contribution in [0.1, 0.15) is 55.3 Å². The van der Waals surface area contributed by atoms with Crippen LogP contribution >= 0.6 is 11.6 Å². The number of halogens is 1. The van der Waals surface area contributed by atoms with E-state index >= 15 is 0 Å². The molecule has 0 saturated heterocycles. The minimum Gasteiger partial charge on any atom is -0.497 e. The first-order valence-corrected chi connectivity index (χ1v) is 15.4. The summed E-state index contributed by atoms with van der Waals surface area (Å²) in [6, 6.07) is 28.0. The molecule has 45 heavy (non-hydrogen) atoms. The van der Waals surface area contributed by atoms with Crippen LogP contribution in [0.4, 0.5) is 11.4 Å². The van der Waals surface area contributed by atoms with Gasteiger partial charge in [-0.25, -0.2) is 0 Å². The first-order valence-electron chi connectivity index (χ1n) is 15.1. The van der Waals surface area contributed by atoms with Gasteiger partial charge < -0.3 is 19.5 Å². The third-order valence-corrected chi connectivity index (χ3v) is 8.56. The number of hydrogen-bond donors (Lipinski definition) is 1. The Bertz CT molecular complexity index is 1750.